The molecule has 7 nitrogen and oxygen atoms in total. The van der Waals surface area contributed by atoms with Gasteiger partial charge in [-0.2, -0.15) is 0 Å². The second-order valence-corrected chi connectivity index (χ2v) is 8.62. The molecule has 32 heavy (non-hydrogen) atoms. The summed E-state index contributed by atoms with van der Waals surface area (Å²) in [5, 5.41) is 12.2. The van der Waals surface area contributed by atoms with Crippen molar-refractivity contribution in [3.63, 3.8) is 0 Å². The molecule has 0 spiro atoms. The van der Waals surface area contributed by atoms with Gasteiger partial charge in [0.25, 0.3) is 5.56 Å². The Morgan fingerprint density at radius 1 is 1.25 bits per heavy atom. The third-order valence-corrected chi connectivity index (χ3v) is 5.97. The molecule has 1 N–H and O–H groups in total. The van der Waals surface area contributed by atoms with Crippen LogP contribution < -0.4 is 5.56 Å². The molecule has 0 unspecified atom stereocenters. The van der Waals surface area contributed by atoms with Gasteiger partial charge >= 0.3 is 5.97 Å². The Morgan fingerprint density at radius 3 is 2.78 bits per heavy atom. The minimum absolute atomic E-state index is 0.203. The molecule has 8 heteroatoms. The van der Waals surface area contributed by atoms with Crippen LogP contribution in [-0.4, -0.2) is 30.4 Å². The average molecular weight is 447 g/mol. The third-order valence-electron chi connectivity index (χ3n) is 5.05. The minimum Gasteiger partial charge on any atom is -0.478 e. The smallest absolute Gasteiger partial charge is 0.328 e. The highest BCUT2D eigenvalue weighted by Crippen LogP contribution is 2.22. The molecule has 0 fully saturated rings. The zero-order valence-corrected chi connectivity index (χ0v) is 18.5. The molecule has 162 valence electrons. The van der Waals surface area contributed by atoms with Gasteiger partial charge in [-0.25, -0.2) is 14.8 Å². The number of thiazole rings is 1. The number of hydrogen-bond acceptors (Lipinski definition) is 6. The van der Waals surface area contributed by atoms with Crippen molar-refractivity contribution in [1.82, 2.24) is 19.4 Å². The molecule has 4 rings (SSSR count). The Labute approximate surface area is 188 Å². The predicted octanol–water partition coefficient (Wildman–Crippen LogP) is 4.22. The van der Waals surface area contributed by atoms with E-state index in [1.54, 1.807) is 42.1 Å². The largest absolute Gasteiger partial charge is 0.478 e. The van der Waals surface area contributed by atoms with Crippen LogP contribution in [0.5, 0.6) is 0 Å². The van der Waals surface area contributed by atoms with Crippen molar-refractivity contribution in [2.24, 2.45) is 0 Å². The molecule has 0 saturated carbocycles. The highest BCUT2D eigenvalue weighted by molar-refractivity contribution is 7.09. The lowest BCUT2D eigenvalue weighted by Crippen LogP contribution is -2.19. The van der Waals surface area contributed by atoms with Crippen LogP contribution in [0.25, 0.3) is 23.0 Å². The number of fused-ring (bicyclic) bond motifs is 1. The second kappa shape index (κ2) is 9.23. The topological polar surface area (TPSA) is 97.5 Å². The summed E-state index contributed by atoms with van der Waals surface area (Å²) in [4.78, 5) is 37.7. The highest BCUT2D eigenvalue weighted by atomic mass is 32.1. The number of carboxylic acid groups (broad SMARTS) is 1. The van der Waals surface area contributed by atoms with Gasteiger partial charge < -0.3 is 5.11 Å². The van der Waals surface area contributed by atoms with Crippen molar-refractivity contribution in [1.29, 1.82) is 0 Å². The first-order valence-electron chi connectivity index (χ1n) is 10.2. The summed E-state index contributed by atoms with van der Waals surface area (Å²) in [5.74, 6) is -0.725. The van der Waals surface area contributed by atoms with Gasteiger partial charge in [-0.15, -0.1) is 11.3 Å². The fourth-order valence-electron chi connectivity index (χ4n) is 3.33. The number of aromatic nitrogens is 4. The maximum absolute atomic E-state index is 13.1. The summed E-state index contributed by atoms with van der Waals surface area (Å²) in [6.45, 7) is 4.26. The Bertz CT molecular complexity index is 1360. The van der Waals surface area contributed by atoms with Gasteiger partial charge in [0.2, 0.25) is 0 Å². The fourth-order valence-corrected chi connectivity index (χ4v) is 4.29. The van der Waals surface area contributed by atoms with Crippen molar-refractivity contribution in [2.45, 2.75) is 32.6 Å². The minimum atomic E-state index is -1.13. The van der Waals surface area contributed by atoms with Crippen molar-refractivity contribution < 1.29 is 9.90 Å². The van der Waals surface area contributed by atoms with E-state index in [4.69, 9.17) is 10.1 Å². The number of carboxylic acids is 1. The van der Waals surface area contributed by atoms with Gasteiger partial charge in [-0.3, -0.25) is 14.2 Å². The second-order valence-electron chi connectivity index (χ2n) is 7.68. The normalized spacial score (nSPS) is 11.6. The Kier molecular flexibility index (Phi) is 6.23. The van der Waals surface area contributed by atoms with Crippen molar-refractivity contribution in [2.75, 3.05) is 0 Å². The quantitative estimate of drug-likeness (QED) is 0.427. The Hall–Kier alpha value is -3.65. The van der Waals surface area contributed by atoms with E-state index in [-0.39, 0.29) is 11.1 Å². The number of carbonyl (C=O) groups is 1. The monoisotopic (exact) mass is 446 g/mol. The van der Waals surface area contributed by atoms with Crippen LogP contribution >= 0.6 is 11.3 Å². The number of rotatable bonds is 7. The van der Waals surface area contributed by atoms with Gasteiger partial charge in [0, 0.05) is 42.0 Å². The number of hydrogen-bond donors (Lipinski definition) is 1. The molecule has 0 aliphatic rings. The SMILES string of the molecule is CC(C)c1csc(CCc2ccn3c(=O)c(/C=C/C(=O)O)c(-c4cccnc4)nc3c2)n1. The van der Waals surface area contributed by atoms with E-state index < -0.39 is 5.97 Å². The first-order valence-corrected chi connectivity index (χ1v) is 11.1. The van der Waals surface area contributed by atoms with Crippen molar-refractivity contribution in [3.05, 3.63) is 86.5 Å². The summed E-state index contributed by atoms with van der Waals surface area (Å²) in [6.07, 6.45) is 8.74. The zero-order chi connectivity index (χ0) is 22.7. The summed E-state index contributed by atoms with van der Waals surface area (Å²) >= 11 is 1.67. The van der Waals surface area contributed by atoms with E-state index in [9.17, 15) is 9.59 Å². The van der Waals surface area contributed by atoms with Gasteiger partial charge in [0.1, 0.15) is 5.65 Å². The van der Waals surface area contributed by atoms with Crippen LogP contribution in [0.15, 0.2) is 59.1 Å². The molecular weight excluding hydrogens is 424 g/mol. The fraction of sp³-hybridized carbons (Fsp3) is 0.208. The molecule has 4 aromatic heterocycles. The Balaban J connectivity index is 1.73. The molecule has 0 bridgehead atoms. The molecule has 0 saturated heterocycles. The van der Waals surface area contributed by atoms with Crippen LogP contribution in [0.2, 0.25) is 0 Å². The number of aliphatic carboxylic acids is 1. The van der Waals surface area contributed by atoms with E-state index in [1.165, 1.54) is 10.5 Å². The number of aryl methyl sites for hydroxylation is 2. The summed E-state index contributed by atoms with van der Waals surface area (Å²) in [7, 11) is 0. The summed E-state index contributed by atoms with van der Waals surface area (Å²) < 4.78 is 1.44. The lowest BCUT2D eigenvalue weighted by Gasteiger charge is -2.10. The van der Waals surface area contributed by atoms with Crippen LogP contribution in [0.3, 0.4) is 0 Å². The molecular formula is C24H22N4O3S. The van der Waals surface area contributed by atoms with E-state index in [0.717, 1.165) is 35.2 Å². The lowest BCUT2D eigenvalue weighted by molar-refractivity contribution is -0.131. The van der Waals surface area contributed by atoms with Crippen LogP contribution in [0, 0.1) is 0 Å². The first-order chi connectivity index (χ1) is 15.4. The standard InChI is InChI=1S/C24H22N4O3S/c1-15(2)19-14-32-21(26-19)7-5-16-9-11-28-20(12-16)27-23(17-4-3-10-25-13-17)18(24(28)31)6-8-22(29)30/h3-4,6,8-15H,5,7H2,1-2H3,(H,29,30)/b8-6+. The van der Waals surface area contributed by atoms with Crippen molar-refractivity contribution >= 4 is 29.0 Å². The summed E-state index contributed by atoms with van der Waals surface area (Å²) in [5.41, 5.74) is 3.57. The molecule has 4 heterocycles. The van der Waals surface area contributed by atoms with Gasteiger partial charge in [0.05, 0.1) is 22.0 Å². The number of nitrogens with zero attached hydrogens (tertiary/aromatic N) is 4. The predicted molar refractivity (Wildman–Crippen MR) is 125 cm³/mol. The van der Waals surface area contributed by atoms with Crippen LogP contribution in [0.1, 0.15) is 41.6 Å². The van der Waals surface area contributed by atoms with Gasteiger partial charge in [-0.05, 0) is 48.2 Å². The molecule has 0 aromatic carbocycles. The molecule has 0 radical (unpaired) electrons. The molecule has 0 atom stereocenters. The molecule has 4 aromatic rings. The van der Waals surface area contributed by atoms with Crippen LogP contribution in [-0.2, 0) is 17.6 Å². The Morgan fingerprint density at radius 2 is 2.09 bits per heavy atom. The summed E-state index contributed by atoms with van der Waals surface area (Å²) in [6, 6.07) is 7.33. The van der Waals surface area contributed by atoms with E-state index in [0.29, 0.717) is 22.8 Å². The molecule has 0 aliphatic carbocycles. The van der Waals surface area contributed by atoms with E-state index in [2.05, 4.69) is 29.2 Å². The van der Waals surface area contributed by atoms with E-state index in [1.807, 2.05) is 12.1 Å². The maximum atomic E-state index is 13.1. The van der Waals surface area contributed by atoms with Crippen LogP contribution in [0.4, 0.5) is 0 Å². The third kappa shape index (κ3) is 4.65. The highest BCUT2D eigenvalue weighted by Gasteiger charge is 2.14. The van der Waals surface area contributed by atoms with Gasteiger partial charge in [0.15, 0.2) is 0 Å². The molecule has 0 amide bonds. The van der Waals surface area contributed by atoms with Gasteiger partial charge in [-0.1, -0.05) is 13.8 Å². The van der Waals surface area contributed by atoms with Crippen molar-refractivity contribution in [3.8, 4) is 11.3 Å². The lowest BCUT2D eigenvalue weighted by atomic mass is 10.1. The zero-order valence-electron chi connectivity index (χ0n) is 17.7. The first kappa shape index (κ1) is 21.6. The van der Waals surface area contributed by atoms with E-state index >= 15 is 0 Å². The molecule has 0 aliphatic heterocycles. The maximum Gasteiger partial charge on any atom is 0.328 e. The number of pyridine rings is 2. The average Bonchev–Trinajstić information content (AvgIpc) is 3.27.